The van der Waals surface area contributed by atoms with Gasteiger partial charge in [-0.2, -0.15) is 0 Å². The van der Waals surface area contributed by atoms with Gasteiger partial charge in [0.05, 0.1) is 0 Å². The average molecular weight is 252 g/mol. The van der Waals surface area contributed by atoms with Crippen molar-refractivity contribution in [3.63, 3.8) is 0 Å². The van der Waals surface area contributed by atoms with Gasteiger partial charge in [0.2, 0.25) is 0 Å². The highest BCUT2D eigenvalue weighted by atomic mass is 35.5. The van der Waals surface area contributed by atoms with E-state index in [1.807, 2.05) is 12.3 Å². The molecule has 0 aliphatic heterocycles. The predicted octanol–water partition coefficient (Wildman–Crippen LogP) is 4.55. The molecule has 0 saturated heterocycles. The summed E-state index contributed by atoms with van der Waals surface area (Å²) in [5.41, 5.74) is 2.97. The van der Waals surface area contributed by atoms with E-state index in [1.165, 1.54) is 30.5 Å². The van der Waals surface area contributed by atoms with Crippen LogP contribution in [0.2, 0.25) is 0 Å². The Bertz CT molecular complexity index is 381. The Morgan fingerprint density at radius 3 is 2.94 bits per heavy atom. The first-order valence-corrected chi connectivity index (χ1v) is 7.00. The van der Waals surface area contributed by atoms with E-state index in [-0.39, 0.29) is 10.8 Å². The van der Waals surface area contributed by atoms with Crippen molar-refractivity contribution < 1.29 is 0 Å². The van der Waals surface area contributed by atoms with Crippen LogP contribution in [0.4, 0.5) is 0 Å². The van der Waals surface area contributed by atoms with Crippen LogP contribution in [0.25, 0.3) is 0 Å². The number of hydrogen-bond acceptors (Lipinski definition) is 1. The first-order chi connectivity index (χ1) is 7.98. The lowest BCUT2D eigenvalue weighted by atomic mass is 9.87. The normalized spacial score (nSPS) is 21.3. The number of aryl methyl sites for hydroxylation is 1. The highest BCUT2D eigenvalue weighted by molar-refractivity contribution is 6.21. The molecule has 0 N–H and O–H groups in total. The van der Waals surface area contributed by atoms with Crippen LogP contribution in [-0.4, -0.2) is 10.4 Å². The largest absolute Gasteiger partial charge is 0.261 e. The second kappa shape index (κ2) is 4.97. The molecule has 2 rings (SSSR count). The molecule has 2 atom stereocenters. The first kappa shape index (κ1) is 12.9. The summed E-state index contributed by atoms with van der Waals surface area (Å²) in [5, 5.41) is 0.260. The van der Waals surface area contributed by atoms with Gasteiger partial charge in [0.25, 0.3) is 0 Å². The molecule has 2 unspecified atom stereocenters. The Morgan fingerprint density at radius 2 is 2.24 bits per heavy atom. The minimum atomic E-state index is 0.201. The van der Waals surface area contributed by atoms with Crippen molar-refractivity contribution in [2.45, 2.75) is 57.7 Å². The molecule has 0 amide bonds. The molecule has 0 fully saturated rings. The number of halogens is 1. The number of pyridine rings is 1. The summed E-state index contributed by atoms with van der Waals surface area (Å²) >= 11 is 6.44. The van der Waals surface area contributed by atoms with E-state index in [0.717, 1.165) is 6.42 Å². The number of aromatic nitrogens is 1. The molecule has 1 aromatic rings. The zero-order valence-corrected chi connectivity index (χ0v) is 11.8. The summed E-state index contributed by atoms with van der Waals surface area (Å²) in [6, 6.07) is 4.25. The zero-order chi connectivity index (χ0) is 12.5. The van der Waals surface area contributed by atoms with Crippen molar-refractivity contribution in [2.24, 2.45) is 5.41 Å². The number of rotatable bonds is 3. The van der Waals surface area contributed by atoms with Crippen LogP contribution >= 0.6 is 11.6 Å². The van der Waals surface area contributed by atoms with E-state index in [1.54, 1.807) is 0 Å². The van der Waals surface area contributed by atoms with Crippen molar-refractivity contribution in [2.75, 3.05) is 0 Å². The van der Waals surface area contributed by atoms with Gasteiger partial charge >= 0.3 is 0 Å². The van der Waals surface area contributed by atoms with Crippen LogP contribution in [0.1, 0.15) is 57.2 Å². The van der Waals surface area contributed by atoms with Crippen molar-refractivity contribution in [3.8, 4) is 0 Å². The summed E-state index contributed by atoms with van der Waals surface area (Å²) in [6.07, 6.45) is 6.62. The third-order valence-electron chi connectivity index (χ3n) is 3.78. The van der Waals surface area contributed by atoms with Crippen LogP contribution in [0.3, 0.4) is 0 Å². The standard InChI is InChI=1S/C15H22ClN/c1-15(2,3)13(16)9-8-12-7-6-11-5-4-10-17-14(11)12/h4-5,10,12-13H,6-9H2,1-3H3. The maximum Gasteiger partial charge on any atom is 0.0466 e. The fourth-order valence-corrected chi connectivity index (χ4v) is 2.68. The van der Waals surface area contributed by atoms with Gasteiger partial charge in [0.1, 0.15) is 0 Å². The zero-order valence-electron chi connectivity index (χ0n) is 11.0. The molecule has 1 aliphatic carbocycles. The van der Waals surface area contributed by atoms with Crippen LogP contribution in [-0.2, 0) is 6.42 Å². The van der Waals surface area contributed by atoms with Gasteiger partial charge in [-0.05, 0) is 42.7 Å². The maximum absolute atomic E-state index is 6.44. The molecule has 1 aromatic heterocycles. The fourth-order valence-electron chi connectivity index (χ4n) is 2.56. The third kappa shape index (κ3) is 3.01. The quantitative estimate of drug-likeness (QED) is 0.719. The molecule has 0 spiro atoms. The van der Waals surface area contributed by atoms with Crippen molar-refractivity contribution in [1.29, 1.82) is 0 Å². The highest BCUT2D eigenvalue weighted by Crippen LogP contribution is 2.37. The molecular formula is C15H22ClN. The lowest BCUT2D eigenvalue weighted by molar-refractivity contribution is 0.360. The predicted molar refractivity (Wildman–Crippen MR) is 73.6 cm³/mol. The molecule has 17 heavy (non-hydrogen) atoms. The van der Waals surface area contributed by atoms with Gasteiger partial charge in [0, 0.05) is 23.2 Å². The Hall–Kier alpha value is -0.560. The van der Waals surface area contributed by atoms with Gasteiger partial charge in [-0.25, -0.2) is 0 Å². The van der Waals surface area contributed by atoms with Crippen molar-refractivity contribution in [3.05, 3.63) is 29.6 Å². The Balaban J connectivity index is 1.94. The van der Waals surface area contributed by atoms with Crippen LogP contribution in [0.15, 0.2) is 18.3 Å². The summed E-state index contributed by atoms with van der Waals surface area (Å²) in [5.74, 6) is 0.634. The topological polar surface area (TPSA) is 12.9 Å². The molecule has 0 saturated carbocycles. The van der Waals surface area contributed by atoms with Gasteiger partial charge < -0.3 is 0 Å². The van der Waals surface area contributed by atoms with E-state index in [2.05, 4.69) is 31.8 Å². The lowest BCUT2D eigenvalue weighted by Crippen LogP contribution is -2.21. The number of fused-ring (bicyclic) bond motifs is 1. The van der Waals surface area contributed by atoms with Gasteiger partial charge in [-0.3, -0.25) is 4.98 Å². The number of nitrogens with zero attached hydrogens (tertiary/aromatic N) is 1. The number of hydrogen-bond donors (Lipinski definition) is 0. The second-order valence-corrected chi connectivity index (χ2v) is 6.72. The molecule has 1 aliphatic rings. The highest BCUT2D eigenvalue weighted by Gasteiger charge is 2.27. The SMILES string of the molecule is CC(C)(C)C(Cl)CCC1CCc2cccnc21. The smallest absolute Gasteiger partial charge is 0.0466 e. The molecule has 2 heteroatoms. The monoisotopic (exact) mass is 251 g/mol. The fraction of sp³-hybridized carbons (Fsp3) is 0.667. The summed E-state index contributed by atoms with van der Waals surface area (Å²) in [7, 11) is 0. The summed E-state index contributed by atoms with van der Waals surface area (Å²) in [6.45, 7) is 6.64. The molecule has 94 valence electrons. The molecule has 0 bridgehead atoms. The summed E-state index contributed by atoms with van der Waals surface area (Å²) < 4.78 is 0. The van der Waals surface area contributed by atoms with Crippen LogP contribution in [0.5, 0.6) is 0 Å². The van der Waals surface area contributed by atoms with E-state index < -0.39 is 0 Å². The molecule has 1 heterocycles. The maximum atomic E-state index is 6.44. The first-order valence-electron chi connectivity index (χ1n) is 6.56. The third-order valence-corrected chi connectivity index (χ3v) is 4.66. The van der Waals surface area contributed by atoms with Crippen LogP contribution < -0.4 is 0 Å². The van der Waals surface area contributed by atoms with Gasteiger partial charge in [-0.15, -0.1) is 11.6 Å². The number of alkyl halides is 1. The minimum Gasteiger partial charge on any atom is -0.261 e. The molecule has 0 aromatic carbocycles. The molecule has 0 radical (unpaired) electrons. The Morgan fingerprint density at radius 1 is 1.47 bits per heavy atom. The van der Waals surface area contributed by atoms with E-state index >= 15 is 0 Å². The van der Waals surface area contributed by atoms with E-state index in [9.17, 15) is 0 Å². The molecular weight excluding hydrogens is 230 g/mol. The average Bonchev–Trinajstić information content (AvgIpc) is 2.68. The van der Waals surface area contributed by atoms with E-state index in [0.29, 0.717) is 5.92 Å². The van der Waals surface area contributed by atoms with Gasteiger partial charge in [-0.1, -0.05) is 26.8 Å². The van der Waals surface area contributed by atoms with Crippen molar-refractivity contribution >= 4 is 11.6 Å². The Kier molecular flexibility index (Phi) is 3.77. The van der Waals surface area contributed by atoms with Crippen molar-refractivity contribution in [1.82, 2.24) is 4.98 Å². The lowest BCUT2D eigenvalue weighted by Gasteiger charge is -2.26. The van der Waals surface area contributed by atoms with E-state index in [4.69, 9.17) is 11.6 Å². The Labute approximate surface area is 110 Å². The molecule has 1 nitrogen and oxygen atoms in total. The minimum absolute atomic E-state index is 0.201. The summed E-state index contributed by atoms with van der Waals surface area (Å²) in [4.78, 5) is 4.54. The second-order valence-electron chi connectivity index (χ2n) is 6.19. The van der Waals surface area contributed by atoms with Crippen LogP contribution in [0, 0.1) is 5.41 Å². The van der Waals surface area contributed by atoms with Gasteiger partial charge in [0.15, 0.2) is 0 Å².